The quantitative estimate of drug-likeness (QED) is 0.108. The molecule has 1 aliphatic rings. The SMILES string of the molecule is C=CCOc1ccc(/C(O)=C2\C(=O)C(=O)N(c3nc(C)c(C(=O)OCC)s3)C2c2ccc(C(C)C)cc2)cc1C. The minimum Gasteiger partial charge on any atom is -0.507 e. The van der Waals surface area contributed by atoms with Crippen molar-refractivity contribution in [2.45, 2.75) is 46.6 Å². The van der Waals surface area contributed by atoms with Crippen molar-refractivity contribution in [1.82, 2.24) is 4.98 Å². The third kappa shape index (κ3) is 5.42. The number of ketones is 1. The molecule has 1 aliphatic heterocycles. The predicted molar refractivity (Wildman–Crippen MR) is 155 cm³/mol. The van der Waals surface area contributed by atoms with Gasteiger partial charge in [0.25, 0.3) is 5.78 Å². The minimum absolute atomic E-state index is 0.0630. The van der Waals surface area contributed by atoms with Crippen LogP contribution in [0.1, 0.15) is 70.4 Å². The van der Waals surface area contributed by atoms with Crippen molar-refractivity contribution < 1.29 is 29.0 Å². The zero-order chi connectivity index (χ0) is 29.1. The Morgan fingerprint density at radius 1 is 1.18 bits per heavy atom. The fraction of sp³-hybridized carbons (Fsp3) is 0.290. The summed E-state index contributed by atoms with van der Waals surface area (Å²) in [5, 5.41) is 11.7. The molecular weight excluding hydrogens is 528 g/mol. The lowest BCUT2D eigenvalue weighted by molar-refractivity contribution is -0.132. The molecule has 0 radical (unpaired) electrons. The first kappa shape index (κ1) is 28.8. The van der Waals surface area contributed by atoms with Gasteiger partial charge in [-0.05, 0) is 61.6 Å². The highest BCUT2D eigenvalue weighted by Crippen LogP contribution is 2.44. The maximum Gasteiger partial charge on any atom is 0.350 e. The van der Waals surface area contributed by atoms with Gasteiger partial charge in [0.05, 0.1) is 23.9 Å². The van der Waals surface area contributed by atoms with E-state index < -0.39 is 23.7 Å². The van der Waals surface area contributed by atoms with E-state index in [0.29, 0.717) is 29.2 Å². The summed E-state index contributed by atoms with van der Waals surface area (Å²) in [6, 6.07) is 11.6. The fourth-order valence-electron chi connectivity index (χ4n) is 4.54. The number of thiazole rings is 1. The van der Waals surface area contributed by atoms with Crippen LogP contribution in [0.5, 0.6) is 5.75 Å². The zero-order valence-corrected chi connectivity index (χ0v) is 24.0. The summed E-state index contributed by atoms with van der Waals surface area (Å²) in [6.07, 6.45) is 1.63. The first-order chi connectivity index (χ1) is 19.1. The molecule has 1 saturated heterocycles. The van der Waals surface area contributed by atoms with Gasteiger partial charge >= 0.3 is 11.9 Å². The number of anilines is 1. The fourth-order valence-corrected chi connectivity index (χ4v) is 5.53. The van der Waals surface area contributed by atoms with Crippen LogP contribution in [0.15, 0.2) is 60.7 Å². The number of hydrogen-bond acceptors (Lipinski definition) is 8. The van der Waals surface area contributed by atoms with Crippen molar-refractivity contribution in [3.05, 3.63) is 93.5 Å². The van der Waals surface area contributed by atoms with Gasteiger partial charge in [-0.3, -0.25) is 14.5 Å². The van der Waals surface area contributed by atoms with Crippen molar-refractivity contribution in [2.24, 2.45) is 0 Å². The molecule has 0 spiro atoms. The number of nitrogens with zero attached hydrogens (tertiary/aromatic N) is 2. The highest BCUT2D eigenvalue weighted by Gasteiger charge is 2.48. The minimum atomic E-state index is -0.959. The lowest BCUT2D eigenvalue weighted by Crippen LogP contribution is -2.29. The van der Waals surface area contributed by atoms with E-state index in [2.05, 4.69) is 25.4 Å². The monoisotopic (exact) mass is 560 g/mol. The lowest BCUT2D eigenvalue weighted by Gasteiger charge is -2.23. The summed E-state index contributed by atoms with van der Waals surface area (Å²) in [5.74, 6) is -1.65. The smallest absolute Gasteiger partial charge is 0.350 e. The van der Waals surface area contributed by atoms with Gasteiger partial charge in [-0.1, -0.05) is 62.1 Å². The Labute approximate surface area is 237 Å². The number of aromatic nitrogens is 1. The molecule has 208 valence electrons. The average molecular weight is 561 g/mol. The molecule has 9 heteroatoms. The van der Waals surface area contributed by atoms with Gasteiger partial charge in [0, 0.05) is 5.56 Å². The van der Waals surface area contributed by atoms with Gasteiger partial charge in [-0.15, -0.1) is 0 Å². The number of ether oxygens (including phenoxy) is 2. The summed E-state index contributed by atoms with van der Waals surface area (Å²) in [5.41, 5.74) is 3.15. The summed E-state index contributed by atoms with van der Waals surface area (Å²) in [6.45, 7) is 13.5. The van der Waals surface area contributed by atoms with E-state index in [1.807, 2.05) is 31.2 Å². The second-order valence-electron chi connectivity index (χ2n) is 9.70. The number of esters is 1. The Hall–Kier alpha value is -4.24. The third-order valence-electron chi connectivity index (χ3n) is 6.62. The largest absolute Gasteiger partial charge is 0.507 e. The van der Waals surface area contributed by atoms with Crippen molar-refractivity contribution in [3.8, 4) is 5.75 Å². The Bertz CT molecular complexity index is 1500. The lowest BCUT2D eigenvalue weighted by atomic mass is 9.93. The summed E-state index contributed by atoms with van der Waals surface area (Å²) >= 11 is 0.977. The zero-order valence-electron chi connectivity index (χ0n) is 23.2. The van der Waals surface area contributed by atoms with Crippen molar-refractivity contribution >= 4 is 39.9 Å². The van der Waals surface area contributed by atoms with Gasteiger partial charge < -0.3 is 14.6 Å². The number of aliphatic hydroxyl groups excluding tert-OH is 1. The molecule has 0 saturated carbocycles. The molecule has 0 bridgehead atoms. The second-order valence-corrected chi connectivity index (χ2v) is 10.7. The summed E-state index contributed by atoms with van der Waals surface area (Å²) in [4.78, 5) is 45.5. The van der Waals surface area contributed by atoms with Gasteiger partial charge in [-0.2, -0.15) is 0 Å². The van der Waals surface area contributed by atoms with E-state index in [1.54, 1.807) is 38.1 Å². The van der Waals surface area contributed by atoms with Crippen LogP contribution in [-0.4, -0.2) is 41.0 Å². The molecule has 3 aromatic rings. The predicted octanol–water partition coefficient (Wildman–Crippen LogP) is 6.25. The number of hydrogen-bond donors (Lipinski definition) is 1. The van der Waals surface area contributed by atoms with Crippen LogP contribution in [0.2, 0.25) is 0 Å². The highest BCUT2D eigenvalue weighted by atomic mass is 32.1. The van der Waals surface area contributed by atoms with E-state index in [4.69, 9.17) is 9.47 Å². The average Bonchev–Trinajstić information content (AvgIpc) is 3.44. The molecule has 40 heavy (non-hydrogen) atoms. The van der Waals surface area contributed by atoms with E-state index in [0.717, 1.165) is 22.5 Å². The molecule has 0 aliphatic carbocycles. The first-order valence-corrected chi connectivity index (χ1v) is 13.8. The second kappa shape index (κ2) is 11.9. The Morgan fingerprint density at radius 3 is 2.48 bits per heavy atom. The number of amides is 1. The molecular formula is C31H32N2O6S. The van der Waals surface area contributed by atoms with Crippen LogP contribution >= 0.6 is 11.3 Å². The Balaban J connectivity index is 1.88. The standard InChI is InChI=1S/C31H32N2O6S/c1-7-15-39-23-14-13-22(16-18(23)5)26(34)24-25(21-11-9-20(10-12-21)17(3)4)33(29(36)27(24)35)31-32-19(6)28(40-31)30(37)38-8-2/h7,9-14,16-17,25,34H,1,8,15H2,2-6H3/b26-24+. The molecule has 1 unspecified atom stereocenters. The molecule has 2 aromatic carbocycles. The number of carbonyl (C=O) groups excluding carboxylic acids is 3. The molecule has 2 heterocycles. The van der Waals surface area contributed by atoms with Gasteiger partial charge in [0.2, 0.25) is 0 Å². The van der Waals surface area contributed by atoms with Crippen LogP contribution in [0.4, 0.5) is 5.13 Å². The van der Waals surface area contributed by atoms with Crippen molar-refractivity contribution in [1.29, 1.82) is 0 Å². The van der Waals surface area contributed by atoms with Gasteiger partial charge in [-0.25, -0.2) is 9.78 Å². The number of benzene rings is 2. The molecule has 4 rings (SSSR count). The highest BCUT2D eigenvalue weighted by molar-refractivity contribution is 7.17. The summed E-state index contributed by atoms with van der Waals surface area (Å²) < 4.78 is 10.8. The van der Waals surface area contributed by atoms with E-state index in [-0.39, 0.29) is 33.9 Å². The molecule has 1 atom stereocenters. The number of carbonyl (C=O) groups is 3. The van der Waals surface area contributed by atoms with Crippen LogP contribution in [0.25, 0.3) is 5.76 Å². The molecule has 1 aromatic heterocycles. The number of rotatable bonds is 9. The van der Waals surface area contributed by atoms with Gasteiger partial charge in [0.15, 0.2) is 5.13 Å². The molecule has 1 fully saturated rings. The maximum absolute atomic E-state index is 13.5. The van der Waals surface area contributed by atoms with E-state index in [9.17, 15) is 19.5 Å². The van der Waals surface area contributed by atoms with Crippen LogP contribution in [-0.2, 0) is 14.3 Å². The topological polar surface area (TPSA) is 106 Å². The first-order valence-electron chi connectivity index (χ1n) is 13.0. The third-order valence-corrected chi connectivity index (χ3v) is 7.76. The molecule has 1 N–H and O–H groups in total. The number of aliphatic hydroxyl groups is 1. The maximum atomic E-state index is 13.5. The Kier molecular flexibility index (Phi) is 8.54. The molecule has 1 amide bonds. The van der Waals surface area contributed by atoms with Crippen LogP contribution in [0, 0.1) is 13.8 Å². The Morgan fingerprint density at radius 2 is 1.88 bits per heavy atom. The van der Waals surface area contributed by atoms with Crippen LogP contribution < -0.4 is 9.64 Å². The molecule has 8 nitrogen and oxygen atoms in total. The number of Topliss-reactive ketones (excluding diaryl/α,β-unsaturated/α-hetero) is 1. The van der Waals surface area contributed by atoms with Crippen LogP contribution in [0.3, 0.4) is 0 Å². The number of aryl methyl sites for hydroxylation is 2. The summed E-state index contributed by atoms with van der Waals surface area (Å²) in [7, 11) is 0. The van der Waals surface area contributed by atoms with E-state index >= 15 is 0 Å². The van der Waals surface area contributed by atoms with Crippen molar-refractivity contribution in [2.75, 3.05) is 18.1 Å². The van der Waals surface area contributed by atoms with Crippen molar-refractivity contribution in [3.63, 3.8) is 0 Å². The van der Waals surface area contributed by atoms with E-state index in [1.165, 1.54) is 4.90 Å². The normalized spacial score (nSPS) is 16.4. The van der Waals surface area contributed by atoms with Gasteiger partial charge in [0.1, 0.15) is 23.0 Å².